The first kappa shape index (κ1) is 24.6. The highest BCUT2D eigenvalue weighted by molar-refractivity contribution is 5.76. The number of alkyl halides is 3. The zero-order valence-corrected chi connectivity index (χ0v) is 19.5. The van der Waals surface area contributed by atoms with E-state index in [4.69, 9.17) is 0 Å². The minimum absolute atomic E-state index is 0.0253. The van der Waals surface area contributed by atoms with E-state index in [-0.39, 0.29) is 24.1 Å². The van der Waals surface area contributed by atoms with Crippen LogP contribution in [0.2, 0.25) is 0 Å². The third kappa shape index (κ3) is 5.68. The standard InChI is InChI=1S/C23H29F3N6O/c1-6-16-7-9-17(10-8-16)19(31(4)5)13-27-20(33)12-11-18-14(2)28-22-29-21(23(24,25)26)30-32(22)15(18)3/h7-10,19H,6,11-13H2,1-5H3,(H,27,33)/t19-/m0/s1. The zero-order chi connectivity index (χ0) is 24.3. The van der Waals surface area contributed by atoms with E-state index in [2.05, 4.69) is 56.5 Å². The van der Waals surface area contributed by atoms with Crippen LogP contribution in [0.3, 0.4) is 0 Å². The van der Waals surface area contributed by atoms with E-state index in [1.165, 1.54) is 5.56 Å². The number of carbonyl (C=O) groups is 1. The van der Waals surface area contributed by atoms with Gasteiger partial charge in [0.25, 0.3) is 11.6 Å². The topological polar surface area (TPSA) is 75.4 Å². The highest BCUT2D eigenvalue weighted by Gasteiger charge is 2.37. The molecule has 0 bridgehead atoms. The molecule has 0 saturated heterocycles. The Hall–Kier alpha value is -3.01. The third-order valence-corrected chi connectivity index (χ3v) is 5.79. The molecule has 10 heteroatoms. The molecular formula is C23H29F3N6O. The molecule has 0 spiro atoms. The number of likely N-dealkylation sites (N-methyl/N-ethyl adjacent to an activating group) is 1. The molecule has 0 aliphatic rings. The second-order valence-corrected chi connectivity index (χ2v) is 8.28. The first-order valence-corrected chi connectivity index (χ1v) is 10.8. The summed E-state index contributed by atoms with van der Waals surface area (Å²) >= 11 is 0. The molecule has 33 heavy (non-hydrogen) atoms. The monoisotopic (exact) mass is 462 g/mol. The van der Waals surface area contributed by atoms with Crippen molar-refractivity contribution in [2.24, 2.45) is 0 Å². The molecule has 1 amide bonds. The smallest absolute Gasteiger partial charge is 0.354 e. The molecule has 0 aliphatic carbocycles. The Balaban J connectivity index is 1.67. The Kier molecular flexibility index (Phi) is 7.36. The SMILES string of the molecule is CCc1ccc([C@H](CNC(=O)CCc2c(C)nc3nc(C(F)(F)F)nn3c2C)N(C)C)cc1. The number of aryl methyl sites for hydroxylation is 3. The van der Waals surface area contributed by atoms with Gasteiger partial charge in [-0.15, -0.1) is 5.10 Å². The van der Waals surface area contributed by atoms with E-state index in [9.17, 15) is 18.0 Å². The number of rotatable bonds is 8. The summed E-state index contributed by atoms with van der Waals surface area (Å²) < 4.78 is 40.0. The number of aromatic nitrogens is 4. The van der Waals surface area contributed by atoms with Gasteiger partial charge < -0.3 is 10.2 Å². The van der Waals surface area contributed by atoms with Crippen LogP contribution in [0.25, 0.3) is 5.78 Å². The number of carbonyl (C=O) groups excluding carboxylic acids is 1. The van der Waals surface area contributed by atoms with Crippen molar-refractivity contribution in [1.82, 2.24) is 29.8 Å². The van der Waals surface area contributed by atoms with Crippen molar-refractivity contribution in [1.29, 1.82) is 0 Å². The van der Waals surface area contributed by atoms with Gasteiger partial charge >= 0.3 is 6.18 Å². The summed E-state index contributed by atoms with van der Waals surface area (Å²) in [4.78, 5) is 22.2. The fraction of sp³-hybridized carbons (Fsp3) is 0.478. The second-order valence-electron chi connectivity index (χ2n) is 8.28. The lowest BCUT2D eigenvalue weighted by Crippen LogP contribution is -2.34. The predicted molar refractivity (Wildman–Crippen MR) is 119 cm³/mol. The van der Waals surface area contributed by atoms with Crippen molar-refractivity contribution < 1.29 is 18.0 Å². The van der Waals surface area contributed by atoms with Crippen molar-refractivity contribution in [2.75, 3.05) is 20.6 Å². The van der Waals surface area contributed by atoms with E-state index >= 15 is 0 Å². The first-order valence-electron chi connectivity index (χ1n) is 10.8. The van der Waals surface area contributed by atoms with Crippen molar-refractivity contribution >= 4 is 11.7 Å². The lowest BCUT2D eigenvalue weighted by atomic mass is 10.0. The summed E-state index contributed by atoms with van der Waals surface area (Å²) in [6, 6.07) is 8.37. The van der Waals surface area contributed by atoms with E-state index < -0.39 is 12.0 Å². The molecule has 0 unspecified atom stereocenters. The number of hydrogen-bond acceptors (Lipinski definition) is 5. The number of nitrogens with one attached hydrogen (secondary N) is 1. The maximum absolute atomic E-state index is 13.0. The van der Waals surface area contributed by atoms with Gasteiger partial charge in [0.15, 0.2) is 0 Å². The fourth-order valence-corrected chi connectivity index (χ4v) is 3.80. The molecule has 7 nitrogen and oxygen atoms in total. The predicted octanol–water partition coefficient (Wildman–Crippen LogP) is 3.67. The van der Waals surface area contributed by atoms with Crippen LogP contribution in [-0.4, -0.2) is 51.0 Å². The van der Waals surface area contributed by atoms with Gasteiger partial charge in [0.1, 0.15) is 0 Å². The maximum atomic E-state index is 13.0. The van der Waals surface area contributed by atoms with Crippen molar-refractivity contribution in [3.8, 4) is 0 Å². The van der Waals surface area contributed by atoms with E-state index in [0.29, 0.717) is 29.9 Å². The number of nitrogens with zero attached hydrogens (tertiary/aromatic N) is 5. The van der Waals surface area contributed by atoms with Gasteiger partial charge in [-0.05, 0) is 57.5 Å². The van der Waals surface area contributed by atoms with Crippen molar-refractivity contribution in [2.45, 2.75) is 52.3 Å². The number of amides is 1. The van der Waals surface area contributed by atoms with Crippen LogP contribution in [-0.2, 0) is 23.8 Å². The van der Waals surface area contributed by atoms with Gasteiger partial charge in [0, 0.05) is 24.4 Å². The maximum Gasteiger partial charge on any atom is 0.453 e. The number of benzene rings is 1. The molecule has 2 heterocycles. The number of halogens is 3. The lowest BCUT2D eigenvalue weighted by Gasteiger charge is -2.25. The van der Waals surface area contributed by atoms with Crippen LogP contribution in [0.5, 0.6) is 0 Å². The van der Waals surface area contributed by atoms with Gasteiger partial charge in [-0.3, -0.25) is 4.79 Å². The van der Waals surface area contributed by atoms with Gasteiger partial charge in [0.05, 0.1) is 6.04 Å². The van der Waals surface area contributed by atoms with Gasteiger partial charge in [0.2, 0.25) is 5.91 Å². The molecule has 0 aliphatic heterocycles. The normalized spacial score (nSPS) is 13.0. The molecule has 0 radical (unpaired) electrons. The fourth-order valence-electron chi connectivity index (χ4n) is 3.80. The minimum Gasteiger partial charge on any atom is -0.354 e. The van der Waals surface area contributed by atoms with Crippen molar-refractivity contribution in [3.63, 3.8) is 0 Å². The summed E-state index contributed by atoms with van der Waals surface area (Å²) in [5.41, 5.74) is 4.10. The van der Waals surface area contributed by atoms with Crippen LogP contribution in [0.4, 0.5) is 13.2 Å². The van der Waals surface area contributed by atoms with Gasteiger partial charge in [-0.1, -0.05) is 31.2 Å². The average molecular weight is 463 g/mol. The molecule has 0 fully saturated rings. The molecule has 1 aromatic carbocycles. The lowest BCUT2D eigenvalue weighted by molar-refractivity contribution is -0.144. The van der Waals surface area contributed by atoms with Crippen LogP contribution in [0.1, 0.15) is 53.3 Å². The Morgan fingerprint density at radius 3 is 2.39 bits per heavy atom. The summed E-state index contributed by atoms with van der Waals surface area (Å²) in [6.45, 7) is 5.91. The third-order valence-electron chi connectivity index (χ3n) is 5.79. The quantitative estimate of drug-likeness (QED) is 0.553. The average Bonchev–Trinajstić information content (AvgIpc) is 3.18. The molecule has 1 N–H and O–H groups in total. The molecule has 178 valence electrons. The summed E-state index contributed by atoms with van der Waals surface area (Å²) in [7, 11) is 3.93. The Labute approximate surface area is 191 Å². The Bertz CT molecular complexity index is 1120. The Morgan fingerprint density at radius 2 is 1.82 bits per heavy atom. The molecule has 1 atom stereocenters. The number of hydrogen-bond donors (Lipinski definition) is 1. The molecule has 0 saturated carbocycles. The second kappa shape index (κ2) is 9.86. The van der Waals surface area contributed by atoms with Crippen LogP contribution >= 0.6 is 0 Å². The Morgan fingerprint density at radius 1 is 1.15 bits per heavy atom. The van der Waals surface area contributed by atoms with E-state index in [0.717, 1.165) is 16.5 Å². The largest absolute Gasteiger partial charge is 0.453 e. The minimum atomic E-state index is -4.64. The first-order chi connectivity index (χ1) is 15.5. The number of fused-ring (bicyclic) bond motifs is 1. The zero-order valence-electron chi connectivity index (χ0n) is 19.5. The van der Waals surface area contributed by atoms with Crippen molar-refractivity contribution in [3.05, 3.63) is 58.2 Å². The van der Waals surface area contributed by atoms with Gasteiger partial charge in [-0.2, -0.15) is 18.2 Å². The highest BCUT2D eigenvalue weighted by Crippen LogP contribution is 2.27. The molecular weight excluding hydrogens is 433 g/mol. The summed E-state index contributed by atoms with van der Waals surface area (Å²) in [5.74, 6) is -1.47. The summed E-state index contributed by atoms with van der Waals surface area (Å²) in [6.07, 6.45) is -3.15. The molecule has 3 aromatic rings. The molecule has 2 aromatic heterocycles. The van der Waals surface area contributed by atoms with Crippen LogP contribution < -0.4 is 5.32 Å². The van der Waals surface area contributed by atoms with E-state index in [1.54, 1.807) is 13.8 Å². The van der Waals surface area contributed by atoms with Crippen LogP contribution in [0.15, 0.2) is 24.3 Å². The summed E-state index contributed by atoms with van der Waals surface area (Å²) in [5, 5.41) is 6.53. The van der Waals surface area contributed by atoms with Crippen LogP contribution in [0, 0.1) is 13.8 Å². The van der Waals surface area contributed by atoms with Gasteiger partial charge in [-0.25, -0.2) is 9.50 Å². The highest BCUT2D eigenvalue weighted by atomic mass is 19.4. The van der Waals surface area contributed by atoms with E-state index in [1.807, 2.05) is 14.1 Å². The molecule has 3 rings (SSSR count).